The van der Waals surface area contributed by atoms with Gasteiger partial charge < -0.3 is 14.6 Å². The van der Waals surface area contributed by atoms with Crippen molar-refractivity contribution in [1.29, 1.82) is 0 Å². The van der Waals surface area contributed by atoms with Crippen LogP contribution in [0, 0.1) is 6.92 Å². The highest BCUT2D eigenvalue weighted by Gasteiger charge is 2.15. The van der Waals surface area contributed by atoms with Crippen molar-refractivity contribution in [2.45, 2.75) is 20.1 Å². The van der Waals surface area contributed by atoms with Gasteiger partial charge in [-0.05, 0) is 35.7 Å². The number of ether oxygens (including phenoxy) is 2. The lowest BCUT2D eigenvalue weighted by atomic mass is 10.1. The lowest BCUT2D eigenvalue weighted by molar-refractivity contribution is 0.0696. The first-order valence-corrected chi connectivity index (χ1v) is 8.35. The number of hydrogen-bond acceptors (Lipinski definition) is 3. The van der Waals surface area contributed by atoms with Gasteiger partial charge in [-0.1, -0.05) is 60.7 Å². The second-order valence-electron chi connectivity index (χ2n) is 5.97. The first kappa shape index (κ1) is 17.5. The molecule has 0 aromatic heterocycles. The molecule has 0 aliphatic carbocycles. The van der Waals surface area contributed by atoms with Crippen LogP contribution >= 0.6 is 0 Å². The number of carboxylic acid groups (broad SMARTS) is 1. The molecular weight excluding hydrogens is 328 g/mol. The van der Waals surface area contributed by atoms with Crippen LogP contribution in [0.15, 0.2) is 72.8 Å². The van der Waals surface area contributed by atoms with E-state index in [1.807, 2.05) is 67.6 Å². The van der Waals surface area contributed by atoms with Crippen molar-refractivity contribution in [1.82, 2.24) is 0 Å². The van der Waals surface area contributed by atoms with E-state index in [1.54, 1.807) is 6.07 Å². The molecule has 0 heterocycles. The predicted octanol–water partition coefficient (Wildman–Crippen LogP) is 4.85. The van der Waals surface area contributed by atoms with Gasteiger partial charge in [0.15, 0.2) is 11.5 Å². The van der Waals surface area contributed by atoms with E-state index in [-0.39, 0.29) is 5.56 Å². The molecule has 0 saturated carbocycles. The van der Waals surface area contributed by atoms with E-state index in [2.05, 4.69) is 0 Å². The molecule has 0 aliphatic heterocycles. The number of aryl methyl sites for hydroxylation is 1. The summed E-state index contributed by atoms with van der Waals surface area (Å²) in [5.41, 5.74) is 2.93. The van der Waals surface area contributed by atoms with Crippen LogP contribution in [0.5, 0.6) is 11.5 Å². The Kier molecular flexibility index (Phi) is 5.54. The Labute approximate surface area is 152 Å². The lowest BCUT2D eigenvalue weighted by Gasteiger charge is -2.16. The number of carboxylic acids is 1. The van der Waals surface area contributed by atoms with Gasteiger partial charge in [0.2, 0.25) is 0 Å². The predicted molar refractivity (Wildman–Crippen MR) is 99.7 cm³/mol. The zero-order valence-electron chi connectivity index (χ0n) is 14.5. The fraction of sp³-hybridized carbons (Fsp3) is 0.136. The first-order chi connectivity index (χ1) is 12.6. The summed E-state index contributed by atoms with van der Waals surface area (Å²) >= 11 is 0. The highest BCUT2D eigenvalue weighted by molar-refractivity contribution is 5.89. The van der Waals surface area contributed by atoms with Crippen molar-refractivity contribution in [3.63, 3.8) is 0 Å². The Morgan fingerprint density at radius 2 is 1.38 bits per heavy atom. The molecule has 0 fully saturated rings. The fourth-order valence-corrected chi connectivity index (χ4v) is 2.62. The van der Waals surface area contributed by atoms with Gasteiger partial charge in [-0.3, -0.25) is 0 Å². The van der Waals surface area contributed by atoms with Gasteiger partial charge in [0, 0.05) is 0 Å². The van der Waals surface area contributed by atoms with Gasteiger partial charge in [-0.15, -0.1) is 0 Å². The van der Waals surface area contributed by atoms with E-state index in [1.165, 1.54) is 6.07 Å². The van der Waals surface area contributed by atoms with Crippen LogP contribution in [-0.4, -0.2) is 11.1 Å². The molecule has 0 radical (unpaired) electrons. The monoisotopic (exact) mass is 348 g/mol. The molecule has 0 unspecified atom stereocenters. The van der Waals surface area contributed by atoms with Crippen molar-refractivity contribution in [3.05, 3.63) is 95.1 Å². The third kappa shape index (κ3) is 4.42. The Bertz CT molecular complexity index is 873. The Morgan fingerprint density at radius 1 is 0.846 bits per heavy atom. The zero-order valence-corrected chi connectivity index (χ0v) is 14.5. The number of carbonyl (C=O) groups is 1. The molecule has 26 heavy (non-hydrogen) atoms. The molecule has 4 nitrogen and oxygen atoms in total. The SMILES string of the molecule is Cc1cc(C(=O)O)cc(OCc2ccccc2)c1OCc1ccccc1. The average Bonchev–Trinajstić information content (AvgIpc) is 2.66. The van der Waals surface area contributed by atoms with Gasteiger partial charge in [0.25, 0.3) is 0 Å². The van der Waals surface area contributed by atoms with E-state index < -0.39 is 5.97 Å². The van der Waals surface area contributed by atoms with Crippen molar-refractivity contribution in [2.24, 2.45) is 0 Å². The highest BCUT2D eigenvalue weighted by Crippen LogP contribution is 2.34. The highest BCUT2D eigenvalue weighted by atomic mass is 16.5. The summed E-state index contributed by atoms with van der Waals surface area (Å²) in [6.07, 6.45) is 0. The second-order valence-corrected chi connectivity index (χ2v) is 5.97. The maximum atomic E-state index is 11.4. The van der Waals surface area contributed by atoms with Crippen LogP contribution in [0.3, 0.4) is 0 Å². The molecular formula is C22H20O4. The molecule has 0 amide bonds. The minimum atomic E-state index is -0.993. The first-order valence-electron chi connectivity index (χ1n) is 8.35. The third-order valence-electron chi connectivity index (χ3n) is 3.95. The lowest BCUT2D eigenvalue weighted by Crippen LogP contribution is -2.05. The summed E-state index contributed by atoms with van der Waals surface area (Å²) in [5.74, 6) is 0.00392. The summed E-state index contributed by atoms with van der Waals surface area (Å²) in [6, 6.07) is 22.6. The summed E-state index contributed by atoms with van der Waals surface area (Å²) in [6.45, 7) is 2.54. The third-order valence-corrected chi connectivity index (χ3v) is 3.95. The Hall–Kier alpha value is -3.27. The Morgan fingerprint density at radius 3 is 1.92 bits per heavy atom. The maximum absolute atomic E-state index is 11.4. The van der Waals surface area contributed by atoms with Gasteiger partial charge >= 0.3 is 5.97 Å². The molecule has 3 aromatic carbocycles. The van der Waals surface area contributed by atoms with E-state index in [9.17, 15) is 9.90 Å². The van der Waals surface area contributed by atoms with E-state index >= 15 is 0 Å². The van der Waals surface area contributed by atoms with Gasteiger partial charge in [-0.2, -0.15) is 0 Å². The number of hydrogen-bond donors (Lipinski definition) is 1. The summed E-state index contributed by atoms with van der Waals surface area (Å²) < 4.78 is 11.9. The average molecular weight is 348 g/mol. The number of aromatic carboxylic acids is 1. The normalized spacial score (nSPS) is 10.3. The van der Waals surface area contributed by atoms with Gasteiger partial charge in [0.05, 0.1) is 5.56 Å². The van der Waals surface area contributed by atoms with Crippen molar-refractivity contribution < 1.29 is 19.4 Å². The maximum Gasteiger partial charge on any atom is 0.335 e. The fourth-order valence-electron chi connectivity index (χ4n) is 2.62. The molecule has 0 atom stereocenters. The van der Waals surface area contributed by atoms with Crippen LogP contribution in [0.4, 0.5) is 0 Å². The van der Waals surface area contributed by atoms with E-state index in [0.717, 1.165) is 16.7 Å². The minimum Gasteiger partial charge on any atom is -0.485 e. The molecule has 3 rings (SSSR count). The molecule has 0 spiro atoms. The van der Waals surface area contributed by atoms with Gasteiger partial charge in [-0.25, -0.2) is 4.79 Å². The molecule has 3 aromatic rings. The quantitative estimate of drug-likeness (QED) is 0.663. The summed E-state index contributed by atoms with van der Waals surface area (Å²) in [4.78, 5) is 11.4. The Balaban J connectivity index is 1.84. The number of benzene rings is 3. The van der Waals surface area contributed by atoms with Crippen LogP contribution in [0.2, 0.25) is 0 Å². The molecule has 0 aliphatic rings. The minimum absolute atomic E-state index is 0.178. The van der Waals surface area contributed by atoms with Crippen LogP contribution in [0.25, 0.3) is 0 Å². The van der Waals surface area contributed by atoms with Crippen LogP contribution < -0.4 is 9.47 Å². The van der Waals surface area contributed by atoms with Gasteiger partial charge in [0.1, 0.15) is 13.2 Å². The topological polar surface area (TPSA) is 55.8 Å². The van der Waals surface area contributed by atoms with Crippen molar-refractivity contribution in [2.75, 3.05) is 0 Å². The smallest absolute Gasteiger partial charge is 0.335 e. The van der Waals surface area contributed by atoms with E-state index in [0.29, 0.717) is 24.7 Å². The summed E-state index contributed by atoms with van der Waals surface area (Å²) in [7, 11) is 0. The largest absolute Gasteiger partial charge is 0.485 e. The molecule has 132 valence electrons. The second kappa shape index (κ2) is 8.21. The molecule has 1 N–H and O–H groups in total. The zero-order chi connectivity index (χ0) is 18.4. The van der Waals surface area contributed by atoms with Crippen molar-refractivity contribution in [3.8, 4) is 11.5 Å². The van der Waals surface area contributed by atoms with E-state index in [4.69, 9.17) is 9.47 Å². The standard InChI is InChI=1S/C22H20O4/c1-16-12-19(22(23)24)13-20(25-14-17-8-4-2-5-9-17)21(16)26-15-18-10-6-3-7-11-18/h2-13H,14-15H2,1H3,(H,23,24). The van der Waals surface area contributed by atoms with Crippen LogP contribution in [0.1, 0.15) is 27.0 Å². The summed E-state index contributed by atoms with van der Waals surface area (Å²) in [5, 5.41) is 9.32. The van der Waals surface area contributed by atoms with Crippen molar-refractivity contribution >= 4 is 5.97 Å². The molecule has 0 bridgehead atoms. The molecule has 0 saturated heterocycles. The number of rotatable bonds is 7. The molecule has 4 heteroatoms. The van der Waals surface area contributed by atoms with Crippen LogP contribution in [-0.2, 0) is 13.2 Å².